The van der Waals surface area contributed by atoms with Gasteiger partial charge in [0, 0.05) is 3.58 Å². The molecule has 2 rings (SSSR count). The minimum atomic E-state index is 0. The molecular formula is C11H9FeIO. The van der Waals surface area contributed by atoms with Crippen LogP contribution in [-0.2, 0) is 17.1 Å². The third kappa shape index (κ3) is 4.74. The third-order valence-corrected chi connectivity index (χ3v) is 2.46. The predicted molar refractivity (Wildman–Crippen MR) is 61.4 cm³/mol. The van der Waals surface area contributed by atoms with Gasteiger partial charge < -0.3 is 5.11 Å². The second-order valence-corrected chi connectivity index (χ2v) is 3.57. The summed E-state index contributed by atoms with van der Waals surface area (Å²) in [5.74, 6) is 0. The van der Waals surface area contributed by atoms with E-state index in [2.05, 4.69) is 22.6 Å². The van der Waals surface area contributed by atoms with Gasteiger partial charge in [-0.05, 0) is 34.2 Å². The fourth-order valence-electron chi connectivity index (χ4n) is 0.828. The van der Waals surface area contributed by atoms with Crippen molar-refractivity contribution < 1.29 is 22.2 Å². The average Bonchev–Trinajstić information content (AvgIpc) is 2.76. The molecule has 0 bridgehead atoms. The molecule has 0 aromatic heterocycles. The Morgan fingerprint density at radius 2 is 1.93 bits per heavy atom. The topological polar surface area (TPSA) is 23.1 Å². The summed E-state index contributed by atoms with van der Waals surface area (Å²) in [4.78, 5) is 0. The van der Waals surface area contributed by atoms with Gasteiger partial charge >= 0.3 is 17.1 Å². The SMILES string of the molecule is [Fe+2].[O-]C=C1C=CC=C1I.c1cc[cH-]c1. The second-order valence-electron chi connectivity index (χ2n) is 2.41. The van der Waals surface area contributed by atoms with Gasteiger partial charge in [0.25, 0.3) is 0 Å². The first kappa shape index (κ1) is 13.6. The molecule has 0 amide bonds. The Hall–Kier alpha value is -0.381. The zero-order valence-electron chi connectivity index (χ0n) is 7.34. The maximum absolute atomic E-state index is 10.1. The summed E-state index contributed by atoms with van der Waals surface area (Å²) < 4.78 is 1.03. The van der Waals surface area contributed by atoms with Gasteiger partial charge in [-0.15, -0.1) is 6.26 Å². The van der Waals surface area contributed by atoms with Gasteiger partial charge in [0.05, 0.1) is 0 Å². The first-order valence-corrected chi connectivity index (χ1v) is 4.95. The van der Waals surface area contributed by atoms with Crippen LogP contribution in [-0.4, -0.2) is 0 Å². The Kier molecular flexibility index (Phi) is 7.76. The van der Waals surface area contributed by atoms with Crippen molar-refractivity contribution in [2.45, 2.75) is 0 Å². The number of rotatable bonds is 0. The standard InChI is InChI=1S/C6H5IO.C5H5.Fe/c7-6-3-1-2-5(6)4-8;1-2-4-5-3-1;/h1-4,8H;1-5H;/q;-1;+2/p-1. The predicted octanol–water partition coefficient (Wildman–Crippen LogP) is 2.52. The van der Waals surface area contributed by atoms with Crippen LogP contribution < -0.4 is 5.11 Å². The summed E-state index contributed by atoms with van der Waals surface area (Å²) in [7, 11) is 0. The summed E-state index contributed by atoms with van der Waals surface area (Å²) in [6.45, 7) is 0. The van der Waals surface area contributed by atoms with Gasteiger partial charge in [0.1, 0.15) is 0 Å². The Morgan fingerprint density at radius 1 is 1.29 bits per heavy atom. The maximum Gasteiger partial charge on any atom is 2.00 e. The van der Waals surface area contributed by atoms with Gasteiger partial charge in [-0.25, -0.2) is 12.1 Å². The number of hydrogen-bond acceptors (Lipinski definition) is 1. The largest absolute Gasteiger partial charge is 2.00 e. The Balaban J connectivity index is 0.000000246. The molecule has 3 heteroatoms. The van der Waals surface area contributed by atoms with Crippen LogP contribution in [0, 0.1) is 0 Å². The zero-order chi connectivity index (χ0) is 9.52. The Bertz CT molecular complexity index is 306. The average molecular weight is 340 g/mol. The van der Waals surface area contributed by atoms with Crippen molar-refractivity contribution in [1.29, 1.82) is 0 Å². The van der Waals surface area contributed by atoms with E-state index >= 15 is 0 Å². The molecule has 0 aliphatic heterocycles. The molecule has 0 heterocycles. The van der Waals surface area contributed by atoms with Crippen LogP contribution in [0.5, 0.6) is 0 Å². The van der Waals surface area contributed by atoms with Crippen molar-refractivity contribution in [2.24, 2.45) is 0 Å². The van der Waals surface area contributed by atoms with Crippen molar-refractivity contribution in [3.8, 4) is 0 Å². The van der Waals surface area contributed by atoms with E-state index in [1.165, 1.54) is 0 Å². The Morgan fingerprint density at radius 3 is 2.14 bits per heavy atom. The summed E-state index contributed by atoms with van der Waals surface area (Å²) in [6.07, 6.45) is 6.44. The molecule has 0 N–H and O–H groups in total. The molecular weight excluding hydrogens is 331 g/mol. The second kappa shape index (κ2) is 7.97. The zero-order valence-corrected chi connectivity index (χ0v) is 10.6. The fourth-order valence-corrected chi connectivity index (χ4v) is 1.34. The van der Waals surface area contributed by atoms with Gasteiger partial charge in [-0.3, -0.25) is 0 Å². The fraction of sp³-hybridized carbons (Fsp3) is 0. The molecule has 1 aromatic carbocycles. The molecule has 0 atom stereocenters. The van der Waals surface area contributed by atoms with E-state index in [9.17, 15) is 5.11 Å². The van der Waals surface area contributed by atoms with Crippen molar-refractivity contribution in [1.82, 2.24) is 0 Å². The van der Waals surface area contributed by atoms with E-state index in [-0.39, 0.29) is 17.1 Å². The molecule has 0 saturated heterocycles. The quantitative estimate of drug-likeness (QED) is 0.308. The van der Waals surface area contributed by atoms with Gasteiger partial charge in [0.2, 0.25) is 0 Å². The number of hydrogen-bond donors (Lipinski definition) is 0. The van der Waals surface area contributed by atoms with Crippen molar-refractivity contribution in [3.63, 3.8) is 0 Å². The molecule has 1 nitrogen and oxygen atoms in total. The van der Waals surface area contributed by atoms with Gasteiger partial charge in [0.15, 0.2) is 0 Å². The van der Waals surface area contributed by atoms with Gasteiger partial charge in [-0.2, -0.15) is 18.2 Å². The summed E-state index contributed by atoms with van der Waals surface area (Å²) in [5.41, 5.74) is 0.783. The van der Waals surface area contributed by atoms with Crippen molar-refractivity contribution in [2.75, 3.05) is 0 Å². The van der Waals surface area contributed by atoms with E-state index < -0.39 is 0 Å². The van der Waals surface area contributed by atoms with Crippen LogP contribution >= 0.6 is 22.6 Å². The van der Waals surface area contributed by atoms with Crippen LogP contribution in [0.25, 0.3) is 0 Å². The monoisotopic (exact) mass is 340 g/mol. The molecule has 0 spiro atoms. The van der Waals surface area contributed by atoms with Crippen LogP contribution in [0.1, 0.15) is 0 Å². The molecule has 1 aliphatic carbocycles. The van der Waals surface area contributed by atoms with Crippen LogP contribution in [0.15, 0.2) is 64.0 Å². The van der Waals surface area contributed by atoms with Crippen molar-refractivity contribution >= 4 is 22.6 Å². The molecule has 1 aromatic rings. The third-order valence-electron chi connectivity index (χ3n) is 1.48. The maximum atomic E-state index is 10.1. The summed E-state index contributed by atoms with van der Waals surface area (Å²) in [6, 6.07) is 10.0. The van der Waals surface area contributed by atoms with E-state index in [1.807, 2.05) is 42.5 Å². The minimum absolute atomic E-state index is 0. The molecule has 74 valence electrons. The van der Waals surface area contributed by atoms with Crippen LogP contribution in [0.3, 0.4) is 0 Å². The number of halogens is 1. The summed E-state index contributed by atoms with van der Waals surface area (Å²) >= 11 is 2.12. The smallest absolute Gasteiger partial charge is 0.877 e. The molecule has 0 fully saturated rings. The van der Waals surface area contributed by atoms with Crippen LogP contribution in [0.2, 0.25) is 0 Å². The van der Waals surface area contributed by atoms with E-state index in [0.717, 1.165) is 15.4 Å². The normalized spacial score (nSPS) is 15.5. The van der Waals surface area contributed by atoms with E-state index in [4.69, 9.17) is 0 Å². The Labute approximate surface area is 108 Å². The minimum Gasteiger partial charge on any atom is -0.877 e. The molecule has 1 aliphatic rings. The summed E-state index contributed by atoms with van der Waals surface area (Å²) in [5, 5.41) is 10.1. The first-order chi connectivity index (χ1) is 6.34. The molecule has 0 radical (unpaired) electrons. The molecule has 14 heavy (non-hydrogen) atoms. The van der Waals surface area contributed by atoms with Crippen LogP contribution in [0.4, 0.5) is 0 Å². The van der Waals surface area contributed by atoms with Crippen molar-refractivity contribution in [3.05, 3.63) is 64.0 Å². The first-order valence-electron chi connectivity index (χ1n) is 3.87. The number of allylic oxidation sites excluding steroid dienone is 5. The van der Waals surface area contributed by atoms with E-state index in [0.29, 0.717) is 0 Å². The van der Waals surface area contributed by atoms with Gasteiger partial charge in [-0.1, -0.05) is 12.2 Å². The van der Waals surface area contributed by atoms with E-state index in [1.54, 1.807) is 6.08 Å². The molecule has 0 saturated carbocycles. The molecule has 0 unspecified atom stereocenters.